The van der Waals surface area contributed by atoms with Gasteiger partial charge in [-0.2, -0.15) is 0 Å². The first-order chi connectivity index (χ1) is 17.0. The molecule has 0 aromatic heterocycles. The normalized spacial score (nSPS) is 12.5. The highest BCUT2D eigenvalue weighted by atomic mass is 16.8. The van der Waals surface area contributed by atoms with E-state index in [1.807, 2.05) is 0 Å². The van der Waals surface area contributed by atoms with Gasteiger partial charge in [0, 0.05) is 38.9 Å². The molecule has 0 aliphatic heterocycles. The molecular formula is C25H55N6O6+3. The Morgan fingerprint density at radius 1 is 0.514 bits per heavy atom. The van der Waals surface area contributed by atoms with Crippen molar-refractivity contribution in [2.75, 3.05) is 123 Å². The second-order valence-corrected chi connectivity index (χ2v) is 12.4. The van der Waals surface area contributed by atoms with Crippen molar-refractivity contribution in [3.63, 3.8) is 0 Å². The molecule has 0 aromatic rings. The first kappa shape index (κ1) is 35.2. The molecule has 0 aliphatic rings. The van der Waals surface area contributed by atoms with Crippen LogP contribution >= 0.6 is 0 Å². The number of ether oxygens (including phenoxy) is 3. The molecule has 12 heteroatoms. The number of hydrogen-bond acceptors (Lipinski definition) is 6. The largest absolute Gasteiger partial charge is 0.354 e. The van der Waals surface area contributed by atoms with Crippen LogP contribution in [0.25, 0.3) is 0 Å². The van der Waals surface area contributed by atoms with Crippen molar-refractivity contribution in [2.24, 2.45) is 0 Å². The lowest BCUT2D eigenvalue weighted by atomic mass is 10.3. The highest BCUT2D eigenvalue weighted by Crippen LogP contribution is 2.00. The predicted octanol–water partition coefficient (Wildman–Crippen LogP) is -1.04. The van der Waals surface area contributed by atoms with Gasteiger partial charge in [0.2, 0.25) is 17.7 Å². The lowest BCUT2D eigenvalue weighted by Crippen LogP contribution is -2.40. The van der Waals surface area contributed by atoms with Gasteiger partial charge < -0.3 is 43.6 Å². The molecule has 3 amide bonds. The molecule has 3 N–H and O–H groups in total. The van der Waals surface area contributed by atoms with Gasteiger partial charge in [-0.25, -0.2) is 0 Å². The van der Waals surface area contributed by atoms with Gasteiger partial charge >= 0.3 is 0 Å². The van der Waals surface area contributed by atoms with Crippen LogP contribution in [-0.4, -0.2) is 160 Å². The van der Waals surface area contributed by atoms with E-state index in [-0.39, 0.29) is 37.5 Å². The zero-order valence-corrected chi connectivity index (χ0v) is 24.9. The summed E-state index contributed by atoms with van der Waals surface area (Å²) < 4.78 is 18.7. The number of amides is 3. The van der Waals surface area contributed by atoms with Crippen LogP contribution in [0.4, 0.5) is 0 Å². The minimum atomic E-state index is -1.33. The van der Waals surface area contributed by atoms with Crippen molar-refractivity contribution in [1.82, 2.24) is 16.0 Å². The molecule has 0 heterocycles. The fourth-order valence-electron chi connectivity index (χ4n) is 3.07. The highest BCUT2D eigenvalue weighted by Gasteiger charge is 2.17. The van der Waals surface area contributed by atoms with E-state index in [1.165, 1.54) is 0 Å². The lowest BCUT2D eigenvalue weighted by molar-refractivity contribution is -0.870. The molecule has 218 valence electrons. The Bertz CT molecular complexity index is 580. The predicted molar refractivity (Wildman–Crippen MR) is 143 cm³/mol. The molecule has 37 heavy (non-hydrogen) atoms. The summed E-state index contributed by atoms with van der Waals surface area (Å²) in [4.78, 5) is 36.4. The number of quaternary nitrogens is 3. The van der Waals surface area contributed by atoms with Gasteiger partial charge in [0.15, 0.2) is 0 Å². The summed E-state index contributed by atoms with van der Waals surface area (Å²) >= 11 is 0. The molecule has 0 fully saturated rings. The summed E-state index contributed by atoms with van der Waals surface area (Å²) in [5.74, 6) is -0.977. The Morgan fingerprint density at radius 3 is 0.973 bits per heavy atom. The standard InChI is InChI=1S/C25H52N6O6/c1-29(2,3)16-10-13-26-22(32)19-35-25(36-20-23(33)27-14-11-17-30(4,5)6)37-21-24(34)28-15-12-18-31(7,8)9/h25H,10-21H2,1-9H3/p+3. The topological polar surface area (TPSA) is 115 Å². The van der Waals surface area contributed by atoms with Gasteiger partial charge in [-0.15, -0.1) is 0 Å². The molecule has 0 atom stereocenters. The summed E-state index contributed by atoms with van der Waals surface area (Å²) in [6.07, 6.45) is 2.48. The lowest BCUT2D eigenvalue weighted by Gasteiger charge is -2.24. The zero-order chi connectivity index (χ0) is 28.5. The molecule has 0 rings (SSSR count). The number of nitrogens with zero attached hydrogens (tertiary/aromatic N) is 3. The molecule has 0 unspecified atom stereocenters. The van der Waals surface area contributed by atoms with E-state index in [4.69, 9.17) is 14.2 Å². The molecule has 0 aromatic carbocycles. The maximum atomic E-state index is 12.1. The zero-order valence-electron chi connectivity index (χ0n) is 24.9. The number of nitrogens with one attached hydrogen (secondary N) is 3. The molecule has 0 aliphatic carbocycles. The SMILES string of the molecule is C[N+](C)(C)CCCNC(=O)COC(OCC(=O)NCCC[N+](C)(C)C)OCC(=O)NCCC[N+](C)(C)C. The van der Waals surface area contributed by atoms with Crippen LogP contribution in [0.1, 0.15) is 19.3 Å². The number of carbonyl (C=O) groups excluding carboxylic acids is 3. The fraction of sp³-hybridized carbons (Fsp3) is 0.880. The van der Waals surface area contributed by atoms with Gasteiger partial charge in [-0.1, -0.05) is 0 Å². The number of carbonyl (C=O) groups is 3. The molecule has 0 radical (unpaired) electrons. The summed E-state index contributed by atoms with van der Waals surface area (Å²) in [6, 6.07) is 0. The fourth-order valence-corrected chi connectivity index (χ4v) is 3.07. The van der Waals surface area contributed by atoms with Crippen molar-refractivity contribution in [2.45, 2.75) is 25.7 Å². The Kier molecular flexibility index (Phi) is 16.8. The van der Waals surface area contributed by atoms with Crippen LogP contribution in [0.3, 0.4) is 0 Å². The Hall–Kier alpha value is -1.83. The first-order valence-electron chi connectivity index (χ1n) is 13.0. The molecule has 0 spiro atoms. The van der Waals surface area contributed by atoms with Crippen molar-refractivity contribution >= 4 is 17.7 Å². The Labute approximate surface area is 224 Å². The maximum Gasteiger partial charge on any atom is 0.273 e. The second-order valence-electron chi connectivity index (χ2n) is 12.4. The third-order valence-corrected chi connectivity index (χ3v) is 5.04. The molecule has 12 nitrogen and oxygen atoms in total. The monoisotopic (exact) mass is 535 g/mol. The van der Waals surface area contributed by atoms with E-state index in [0.29, 0.717) is 19.6 Å². The van der Waals surface area contributed by atoms with Crippen LogP contribution < -0.4 is 16.0 Å². The van der Waals surface area contributed by atoms with E-state index >= 15 is 0 Å². The third kappa shape index (κ3) is 25.6. The third-order valence-electron chi connectivity index (χ3n) is 5.04. The summed E-state index contributed by atoms with van der Waals surface area (Å²) in [5.41, 5.74) is 0. The Balaban J connectivity index is 4.55. The average molecular weight is 536 g/mol. The molecule has 0 saturated carbocycles. The van der Waals surface area contributed by atoms with Crippen LogP contribution in [-0.2, 0) is 28.6 Å². The molecule has 0 bridgehead atoms. The van der Waals surface area contributed by atoms with Crippen LogP contribution in [0.15, 0.2) is 0 Å². The highest BCUT2D eigenvalue weighted by molar-refractivity contribution is 5.78. The van der Waals surface area contributed by atoms with Crippen molar-refractivity contribution < 1.29 is 42.0 Å². The minimum absolute atomic E-state index is 0.314. The van der Waals surface area contributed by atoms with Crippen molar-refractivity contribution in [1.29, 1.82) is 0 Å². The quantitative estimate of drug-likeness (QED) is 0.0983. The number of rotatable bonds is 21. The van der Waals surface area contributed by atoms with Gasteiger partial charge in [0.25, 0.3) is 6.48 Å². The van der Waals surface area contributed by atoms with Gasteiger partial charge in [-0.05, 0) is 0 Å². The molecule has 0 saturated heterocycles. The summed E-state index contributed by atoms with van der Waals surface area (Å²) in [6.45, 7) is 2.06. The van der Waals surface area contributed by atoms with Crippen molar-refractivity contribution in [3.8, 4) is 0 Å². The van der Waals surface area contributed by atoms with Gasteiger partial charge in [0.05, 0.1) is 83.1 Å². The second kappa shape index (κ2) is 17.6. The first-order valence-corrected chi connectivity index (χ1v) is 13.0. The van der Waals surface area contributed by atoms with Gasteiger partial charge in [0.1, 0.15) is 19.8 Å². The van der Waals surface area contributed by atoms with E-state index in [2.05, 4.69) is 79.4 Å². The Morgan fingerprint density at radius 2 is 0.757 bits per heavy atom. The van der Waals surface area contributed by atoms with Crippen molar-refractivity contribution in [3.05, 3.63) is 0 Å². The van der Waals surface area contributed by atoms with Crippen LogP contribution in [0, 0.1) is 0 Å². The summed E-state index contributed by atoms with van der Waals surface area (Å²) in [7, 11) is 18.8. The van der Waals surface area contributed by atoms with E-state index < -0.39 is 6.48 Å². The van der Waals surface area contributed by atoms with E-state index in [0.717, 1.165) is 52.3 Å². The minimum Gasteiger partial charge on any atom is -0.354 e. The summed E-state index contributed by atoms with van der Waals surface area (Å²) in [5, 5.41) is 8.36. The van der Waals surface area contributed by atoms with Gasteiger partial charge in [-0.3, -0.25) is 14.4 Å². The number of hydrogen-bond donors (Lipinski definition) is 3. The molecular weight excluding hydrogens is 480 g/mol. The maximum absolute atomic E-state index is 12.1. The van der Waals surface area contributed by atoms with Crippen LogP contribution in [0.2, 0.25) is 0 Å². The average Bonchev–Trinajstić information content (AvgIpc) is 2.74. The smallest absolute Gasteiger partial charge is 0.273 e. The van der Waals surface area contributed by atoms with E-state index in [9.17, 15) is 14.4 Å². The van der Waals surface area contributed by atoms with E-state index in [1.54, 1.807) is 0 Å². The van der Waals surface area contributed by atoms with Crippen LogP contribution in [0.5, 0.6) is 0 Å².